The molecule has 0 saturated carbocycles. The molecule has 1 heterocycles. The second-order valence-electron chi connectivity index (χ2n) is 11.2. The number of phenols is 1. The summed E-state index contributed by atoms with van der Waals surface area (Å²) < 4.78 is 5.25. The van der Waals surface area contributed by atoms with Crippen LogP contribution in [0.2, 0.25) is 5.02 Å². The van der Waals surface area contributed by atoms with Gasteiger partial charge < -0.3 is 29.9 Å². The molecule has 0 amide bonds. The van der Waals surface area contributed by atoms with Gasteiger partial charge in [-0.3, -0.25) is 24.0 Å². The van der Waals surface area contributed by atoms with Gasteiger partial charge in [-0.1, -0.05) is 28.9 Å². The summed E-state index contributed by atoms with van der Waals surface area (Å²) in [7, 11) is 1.12. The van der Waals surface area contributed by atoms with Crippen molar-refractivity contribution in [1.82, 2.24) is 4.98 Å². The number of rotatable bonds is 5. The van der Waals surface area contributed by atoms with Crippen LogP contribution < -0.4 is 42.4 Å². The summed E-state index contributed by atoms with van der Waals surface area (Å²) >= 11 is 9.40. The van der Waals surface area contributed by atoms with Gasteiger partial charge >= 0.3 is 0 Å². The Kier molecular flexibility index (Phi) is 6.88. The molecule has 236 valence electrons. The van der Waals surface area contributed by atoms with Crippen LogP contribution in [0.3, 0.4) is 0 Å². The molecule has 0 radical (unpaired) electrons. The minimum absolute atomic E-state index is 0.105. The number of aromatic amines is 1. The van der Waals surface area contributed by atoms with Crippen molar-refractivity contribution in [2.75, 3.05) is 7.11 Å². The molecular weight excluding hydrogens is 700 g/mol. The Morgan fingerprint density at radius 1 is 0.957 bits per heavy atom. The van der Waals surface area contributed by atoms with Crippen LogP contribution >= 0.6 is 27.5 Å². The number of phenolic OH excluding ortho intramolecular Hbond substituents is 1. The number of pyridine rings is 1. The van der Waals surface area contributed by atoms with Gasteiger partial charge in [0.05, 0.1) is 45.3 Å². The molecule has 3 aromatic rings. The van der Waals surface area contributed by atoms with E-state index in [1.165, 1.54) is 12.3 Å². The van der Waals surface area contributed by atoms with Crippen LogP contribution in [-0.2, 0) is 23.3 Å². The summed E-state index contributed by atoms with van der Waals surface area (Å²) in [6.45, 7) is 0.138. The number of aliphatic hydroxyl groups excluding tert-OH is 2. The number of halogens is 2. The van der Waals surface area contributed by atoms with E-state index >= 15 is 0 Å². The fourth-order valence-corrected chi connectivity index (χ4v) is 7.50. The van der Waals surface area contributed by atoms with Gasteiger partial charge in [0.2, 0.25) is 16.3 Å². The lowest BCUT2D eigenvalue weighted by atomic mass is 9.78. The predicted octanol–water partition coefficient (Wildman–Crippen LogP) is 1.48. The maximum absolute atomic E-state index is 13.7. The standard InChI is InChI=1S/C33H20BrClN2O10/c1-46-18-9-17(38)20-21(26(18)39)28(41)23-22(27(20)40)30(43)33(31(23)44)7-6-15-24(33)29(42)19-16(25(15)34)8-14(37-32(19)45)10-36-47-11-12-2-4-13(35)5-3-12/h2-5,8-10,42-44H,6-7,11H2,1H3,(H,37,45)/b36-10+/t33-/m0/s1. The normalized spacial score (nSPS) is 16.9. The smallest absolute Gasteiger partial charge is 0.260 e. The van der Waals surface area contributed by atoms with Gasteiger partial charge in [-0.2, -0.15) is 0 Å². The third kappa shape index (κ3) is 4.12. The number of fused-ring (bicyclic) bond motifs is 4. The van der Waals surface area contributed by atoms with E-state index in [4.69, 9.17) is 21.2 Å². The molecule has 2 aromatic carbocycles. The number of benzene rings is 2. The predicted molar refractivity (Wildman–Crippen MR) is 175 cm³/mol. The topological polar surface area (TPSA) is 193 Å². The number of H-pyrrole nitrogens is 1. The molecule has 12 nitrogen and oxygen atoms in total. The summed E-state index contributed by atoms with van der Waals surface area (Å²) in [6, 6.07) is 9.27. The minimum atomic E-state index is -2.02. The number of oxime groups is 1. The SMILES string of the molecule is COc1cc(=O)c2c(=O)c3c(c(=O)c=2c1=O)=C(O)[C@]1(CCc2c1c(O)c1c(=O)[nH]c(/C=N/OCc4ccc(Cl)cc4)cc1c2Br)C=3O. The minimum Gasteiger partial charge on any atom is -0.510 e. The van der Waals surface area contributed by atoms with Crippen molar-refractivity contribution in [3.05, 3.63) is 140 Å². The Bertz CT molecular complexity index is 2740. The van der Waals surface area contributed by atoms with Crippen molar-refractivity contribution in [3.8, 4) is 11.5 Å². The fourth-order valence-electron chi connectivity index (χ4n) is 6.67. The molecule has 0 fully saturated rings. The number of aromatic hydroxyl groups is 1. The highest BCUT2D eigenvalue weighted by atomic mass is 79.9. The lowest BCUT2D eigenvalue weighted by Gasteiger charge is -2.27. The zero-order chi connectivity index (χ0) is 33.5. The largest absolute Gasteiger partial charge is 0.510 e. The molecule has 14 heteroatoms. The summed E-state index contributed by atoms with van der Waals surface area (Å²) in [5.74, 6) is -2.64. The second-order valence-corrected chi connectivity index (χ2v) is 12.4. The zero-order valence-corrected chi connectivity index (χ0v) is 26.4. The van der Waals surface area contributed by atoms with Crippen molar-refractivity contribution in [1.29, 1.82) is 0 Å². The number of hydrogen-bond acceptors (Lipinski definition) is 11. The lowest BCUT2D eigenvalue weighted by molar-refractivity contribution is 0.132. The van der Waals surface area contributed by atoms with E-state index in [1.807, 2.05) is 0 Å². The second kappa shape index (κ2) is 10.6. The molecule has 0 unspecified atom stereocenters. The van der Waals surface area contributed by atoms with Crippen LogP contribution in [0.15, 0.2) is 70.0 Å². The molecule has 1 atom stereocenters. The fraction of sp³-hybridized carbons (Fsp3) is 0.152. The Labute approximate surface area is 274 Å². The average molecular weight is 720 g/mol. The molecule has 4 aliphatic carbocycles. The van der Waals surface area contributed by atoms with E-state index in [0.717, 1.165) is 18.7 Å². The van der Waals surface area contributed by atoms with Crippen LogP contribution in [-0.4, -0.2) is 33.6 Å². The molecule has 0 aliphatic heterocycles. The third-order valence-corrected chi connectivity index (χ3v) is 9.95. The number of aromatic nitrogens is 1. The number of nitrogens with zero attached hydrogens (tertiary/aromatic N) is 1. The van der Waals surface area contributed by atoms with Crippen molar-refractivity contribution in [2.45, 2.75) is 24.9 Å². The highest BCUT2D eigenvalue weighted by Crippen LogP contribution is 2.56. The quantitative estimate of drug-likeness (QED) is 0.153. The van der Waals surface area contributed by atoms with Crippen LogP contribution in [0, 0.1) is 10.4 Å². The molecule has 1 spiro atoms. The maximum atomic E-state index is 13.7. The van der Waals surface area contributed by atoms with Crippen LogP contribution in [0.1, 0.15) is 28.8 Å². The first-order valence-electron chi connectivity index (χ1n) is 14.0. The van der Waals surface area contributed by atoms with Gasteiger partial charge in [0.25, 0.3) is 5.56 Å². The maximum Gasteiger partial charge on any atom is 0.260 e. The van der Waals surface area contributed by atoms with Gasteiger partial charge in [0.1, 0.15) is 29.3 Å². The molecule has 0 saturated heterocycles. The summed E-state index contributed by atoms with van der Waals surface area (Å²) in [4.78, 5) is 74.4. The molecule has 4 aliphatic rings. The summed E-state index contributed by atoms with van der Waals surface area (Å²) in [5.41, 5.74) is -5.72. The number of aliphatic hydroxyl groups is 2. The van der Waals surface area contributed by atoms with Crippen molar-refractivity contribution >= 4 is 56.0 Å². The van der Waals surface area contributed by atoms with Crippen LogP contribution in [0.25, 0.3) is 22.3 Å². The van der Waals surface area contributed by atoms with Gasteiger partial charge in [0.15, 0.2) is 11.2 Å². The number of hydrogen-bond donors (Lipinski definition) is 4. The van der Waals surface area contributed by atoms with Gasteiger partial charge in [-0.05, 0) is 58.1 Å². The molecule has 47 heavy (non-hydrogen) atoms. The first-order valence-corrected chi connectivity index (χ1v) is 15.2. The molecule has 0 bridgehead atoms. The van der Waals surface area contributed by atoms with Gasteiger partial charge in [-0.15, -0.1) is 0 Å². The molecular formula is C33H20BrClN2O10. The highest BCUT2D eigenvalue weighted by molar-refractivity contribution is 9.10. The zero-order valence-electron chi connectivity index (χ0n) is 24.1. The lowest BCUT2D eigenvalue weighted by Crippen LogP contribution is -2.51. The first-order chi connectivity index (χ1) is 22.4. The van der Waals surface area contributed by atoms with Gasteiger partial charge in [-0.25, -0.2) is 0 Å². The number of methoxy groups -OCH3 is 1. The average Bonchev–Trinajstić information content (AvgIpc) is 3.55. The highest BCUT2D eigenvalue weighted by Gasteiger charge is 2.53. The Balaban J connectivity index is 1.42. The summed E-state index contributed by atoms with van der Waals surface area (Å²) in [5, 5.41) is 36.6. The van der Waals surface area contributed by atoms with Crippen LogP contribution in [0.5, 0.6) is 11.5 Å². The number of nitrogens with one attached hydrogen (secondary N) is 1. The third-order valence-electron chi connectivity index (χ3n) is 8.79. The Morgan fingerprint density at radius 3 is 2.28 bits per heavy atom. The van der Waals surface area contributed by atoms with E-state index < -0.39 is 76.6 Å². The molecule has 1 aromatic heterocycles. The Hall–Kier alpha value is -5.27. The Morgan fingerprint density at radius 2 is 1.62 bits per heavy atom. The van der Waals surface area contributed by atoms with Crippen molar-refractivity contribution in [3.63, 3.8) is 0 Å². The van der Waals surface area contributed by atoms with E-state index in [-0.39, 0.29) is 41.5 Å². The summed E-state index contributed by atoms with van der Waals surface area (Å²) in [6.07, 6.45) is 1.26. The van der Waals surface area contributed by atoms with Crippen molar-refractivity contribution in [2.24, 2.45) is 5.16 Å². The van der Waals surface area contributed by atoms with E-state index in [2.05, 4.69) is 26.1 Å². The monoisotopic (exact) mass is 718 g/mol. The van der Waals surface area contributed by atoms with Gasteiger partial charge in [0, 0.05) is 26.5 Å². The molecule has 7 rings (SSSR count). The van der Waals surface area contributed by atoms with E-state index in [0.29, 0.717) is 15.1 Å². The van der Waals surface area contributed by atoms with E-state index in [1.54, 1.807) is 24.3 Å². The molecule has 4 N–H and O–H groups in total. The van der Waals surface area contributed by atoms with Crippen molar-refractivity contribution < 1.29 is 24.9 Å². The first kappa shape index (κ1) is 30.4. The van der Waals surface area contributed by atoms with Crippen LogP contribution in [0.4, 0.5) is 0 Å². The number of ether oxygens (including phenoxy) is 1. The van der Waals surface area contributed by atoms with E-state index in [9.17, 15) is 39.3 Å².